The molecule has 1 aromatic carbocycles. The Labute approximate surface area is 98.8 Å². The fraction of sp³-hybridized carbons (Fsp3) is 0.300. The second-order valence-corrected chi connectivity index (χ2v) is 5.44. The molecule has 0 aliphatic rings. The highest BCUT2D eigenvalue weighted by Crippen LogP contribution is 2.14. The zero-order valence-electron chi connectivity index (χ0n) is 9.12. The topological polar surface area (TPSA) is 118 Å². The number of nitrogens with two attached hydrogens (primary N) is 1. The first-order chi connectivity index (χ1) is 7.63. The highest BCUT2D eigenvalue weighted by atomic mass is 32.2. The highest BCUT2D eigenvalue weighted by Gasteiger charge is 2.28. The van der Waals surface area contributed by atoms with E-state index in [-0.39, 0.29) is 11.3 Å². The molecule has 6 nitrogen and oxygen atoms in total. The van der Waals surface area contributed by atoms with Crippen molar-refractivity contribution >= 4 is 16.1 Å². The van der Waals surface area contributed by atoms with Crippen LogP contribution in [0.15, 0.2) is 29.2 Å². The van der Waals surface area contributed by atoms with Gasteiger partial charge in [0.25, 0.3) is 10.1 Å². The van der Waals surface area contributed by atoms with Gasteiger partial charge in [0.15, 0.2) is 0 Å². The molecule has 0 aromatic heterocycles. The third-order valence-electron chi connectivity index (χ3n) is 2.28. The van der Waals surface area contributed by atoms with Crippen molar-refractivity contribution in [1.82, 2.24) is 0 Å². The van der Waals surface area contributed by atoms with Gasteiger partial charge in [-0.15, -0.1) is 0 Å². The van der Waals surface area contributed by atoms with E-state index in [2.05, 4.69) is 0 Å². The summed E-state index contributed by atoms with van der Waals surface area (Å²) in [6, 6.07) is 5.22. The smallest absolute Gasteiger partial charge is 0.323 e. The number of rotatable bonds is 4. The normalized spacial score (nSPS) is 15.2. The van der Waals surface area contributed by atoms with Gasteiger partial charge in [-0.1, -0.05) is 12.1 Å². The lowest BCUT2D eigenvalue weighted by Crippen LogP contribution is -2.46. The van der Waals surface area contributed by atoms with E-state index in [0.29, 0.717) is 5.56 Å². The standard InChI is InChI=1S/C10H13NO5S/c1-10(11,9(12)13)6-7-2-4-8(5-3-7)17(14,15)16/h2-5H,6,11H2,1H3,(H,12,13)(H,14,15,16). The minimum Gasteiger partial charge on any atom is -0.480 e. The average molecular weight is 259 g/mol. The van der Waals surface area contributed by atoms with Crippen LogP contribution >= 0.6 is 0 Å². The Morgan fingerprint density at radius 3 is 2.18 bits per heavy atom. The van der Waals surface area contributed by atoms with E-state index in [0.717, 1.165) is 0 Å². The Morgan fingerprint density at radius 2 is 1.82 bits per heavy atom. The quantitative estimate of drug-likeness (QED) is 0.668. The van der Waals surface area contributed by atoms with E-state index < -0.39 is 21.6 Å². The van der Waals surface area contributed by atoms with E-state index in [1.165, 1.54) is 31.2 Å². The van der Waals surface area contributed by atoms with Crippen molar-refractivity contribution in [2.75, 3.05) is 0 Å². The summed E-state index contributed by atoms with van der Waals surface area (Å²) < 4.78 is 30.3. The van der Waals surface area contributed by atoms with Gasteiger partial charge < -0.3 is 10.8 Å². The van der Waals surface area contributed by atoms with Crippen molar-refractivity contribution in [3.05, 3.63) is 29.8 Å². The van der Waals surface area contributed by atoms with Crippen LogP contribution in [0.3, 0.4) is 0 Å². The van der Waals surface area contributed by atoms with Crippen LogP contribution in [0.25, 0.3) is 0 Å². The van der Waals surface area contributed by atoms with Gasteiger partial charge in [-0.05, 0) is 24.6 Å². The maximum Gasteiger partial charge on any atom is 0.323 e. The number of carbonyl (C=O) groups is 1. The number of hydrogen-bond donors (Lipinski definition) is 3. The third kappa shape index (κ3) is 3.52. The average Bonchev–Trinajstić information content (AvgIpc) is 2.16. The molecular formula is C10H13NO5S. The van der Waals surface area contributed by atoms with Gasteiger partial charge in [0.05, 0.1) is 4.90 Å². The van der Waals surface area contributed by atoms with Crippen LogP contribution in [0.4, 0.5) is 0 Å². The summed E-state index contributed by atoms with van der Waals surface area (Å²) in [5.41, 5.74) is 4.71. The minimum atomic E-state index is -4.23. The molecule has 0 radical (unpaired) electrons. The molecular weight excluding hydrogens is 246 g/mol. The Bertz CT molecular complexity index is 518. The monoisotopic (exact) mass is 259 g/mol. The molecule has 7 heteroatoms. The fourth-order valence-electron chi connectivity index (χ4n) is 1.28. The minimum absolute atomic E-state index is 0.0636. The molecule has 4 N–H and O–H groups in total. The van der Waals surface area contributed by atoms with Gasteiger partial charge in [-0.3, -0.25) is 9.35 Å². The molecule has 0 aliphatic carbocycles. The summed E-state index contributed by atoms with van der Waals surface area (Å²) in [6.45, 7) is 1.37. The van der Waals surface area contributed by atoms with E-state index >= 15 is 0 Å². The Balaban J connectivity index is 2.94. The summed E-state index contributed by atoms with van der Waals surface area (Å²) in [4.78, 5) is 10.6. The first-order valence-corrected chi connectivity index (χ1v) is 6.15. The second kappa shape index (κ2) is 4.44. The van der Waals surface area contributed by atoms with Crippen LogP contribution in [0.5, 0.6) is 0 Å². The molecule has 1 unspecified atom stereocenters. The summed E-state index contributed by atoms with van der Waals surface area (Å²) in [5.74, 6) is -1.14. The number of benzene rings is 1. The molecule has 1 atom stereocenters. The first kappa shape index (κ1) is 13.6. The maximum atomic E-state index is 10.8. The molecule has 0 bridgehead atoms. The molecule has 0 aliphatic heterocycles. The van der Waals surface area contributed by atoms with Crippen LogP contribution in [-0.4, -0.2) is 29.6 Å². The van der Waals surface area contributed by atoms with Gasteiger partial charge in [-0.2, -0.15) is 8.42 Å². The lowest BCUT2D eigenvalue weighted by Gasteiger charge is -2.18. The van der Waals surface area contributed by atoms with Gasteiger partial charge in [-0.25, -0.2) is 0 Å². The fourth-order valence-corrected chi connectivity index (χ4v) is 1.76. The summed E-state index contributed by atoms with van der Waals surface area (Å²) in [5, 5.41) is 8.83. The molecule has 0 saturated carbocycles. The predicted octanol–water partition coefficient (Wildman–Crippen LogP) is 0.278. The van der Waals surface area contributed by atoms with E-state index in [9.17, 15) is 13.2 Å². The van der Waals surface area contributed by atoms with Gasteiger partial charge >= 0.3 is 5.97 Å². The van der Waals surface area contributed by atoms with Gasteiger partial charge in [0.2, 0.25) is 0 Å². The molecule has 1 rings (SSSR count). The van der Waals surface area contributed by atoms with Crippen molar-refractivity contribution < 1.29 is 22.9 Å². The van der Waals surface area contributed by atoms with Crippen LogP contribution in [0.1, 0.15) is 12.5 Å². The highest BCUT2D eigenvalue weighted by molar-refractivity contribution is 7.85. The molecule has 0 heterocycles. The molecule has 0 fully saturated rings. The van der Waals surface area contributed by atoms with Crippen molar-refractivity contribution in [1.29, 1.82) is 0 Å². The van der Waals surface area contributed by atoms with Crippen molar-refractivity contribution in [3.8, 4) is 0 Å². The number of aliphatic carboxylic acids is 1. The Morgan fingerprint density at radius 1 is 1.35 bits per heavy atom. The number of carboxylic acids is 1. The maximum absolute atomic E-state index is 10.8. The van der Waals surface area contributed by atoms with Crippen molar-refractivity contribution in [2.45, 2.75) is 23.8 Å². The zero-order chi connectivity index (χ0) is 13.3. The molecule has 1 aromatic rings. The molecule has 0 spiro atoms. The van der Waals surface area contributed by atoms with Crippen LogP contribution < -0.4 is 5.73 Å². The van der Waals surface area contributed by atoms with Crippen LogP contribution in [0, 0.1) is 0 Å². The lowest BCUT2D eigenvalue weighted by molar-refractivity contribution is -0.142. The van der Waals surface area contributed by atoms with Crippen molar-refractivity contribution in [3.63, 3.8) is 0 Å². The lowest BCUT2D eigenvalue weighted by atomic mass is 9.94. The predicted molar refractivity (Wildman–Crippen MR) is 60.2 cm³/mol. The molecule has 0 saturated heterocycles. The van der Waals surface area contributed by atoms with Gasteiger partial charge in [0, 0.05) is 6.42 Å². The van der Waals surface area contributed by atoms with Crippen LogP contribution in [0.2, 0.25) is 0 Å². The first-order valence-electron chi connectivity index (χ1n) is 4.71. The largest absolute Gasteiger partial charge is 0.480 e. The van der Waals surface area contributed by atoms with Crippen LogP contribution in [-0.2, 0) is 21.3 Å². The Hall–Kier alpha value is -1.44. The SMILES string of the molecule is CC(N)(Cc1ccc(S(=O)(=O)O)cc1)C(=O)O. The zero-order valence-corrected chi connectivity index (χ0v) is 9.94. The molecule has 94 valence electrons. The summed E-state index contributed by atoms with van der Waals surface area (Å²) >= 11 is 0. The number of hydrogen-bond acceptors (Lipinski definition) is 4. The van der Waals surface area contributed by atoms with E-state index in [1.54, 1.807) is 0 Å². The summed E-state index contributed by atoms with van der Waals surface area (Å²) in [7, 11) is -4.23. The Kier molecular flexibility index (Phi) is 3.56. The van der Waals surface area contributed by atoms with Gasteiger partial charge in [0.1, 0.15) is 5.54 Å². The van der Waals surface area contributed by atoms with Crippen molar-refractivity contribution in [2.24, 2.45) is 5.73 Å². The van der Waals surface area contributed by atoms with E-state index in [1.807, 2.05) is 0 Å². The molecule has 0 amide bonds. The van der Waals surface area contributed by atoms with E-state index in [4.69, 9.17) is 15.4 Å². The number of carboxylic acid groups (broad SMARTS) is 1. The molecule has 17 heavy (non-hydrogen) atoms. The third-order valence-corrected chi connectivity index (χ3v) is 3.15. The summed E-state index contributed by atoms with van der Waals surface area (Å²) in [6.07, 6.45) is 0.0636. The second-order valence-electron chi connectivity index (χ2n) is 4.02.